The molecule has 7 heteroatoms. The average Bonchev–Trinajstić information content (AvgIpc) is 2.13. The van der Waals surface area contributed by atoms with Crippen molar-refractivity contribution in [1.29, 1.82) is 0 Å². The van der Waals surface area contributed by atoms with E-state index in [1.54, 1.807) is 6.20 Å². The van der Waals surface area contributed by atoms with Gasteiger partial charge in [-0.3, -0.25) is 4.98 Å². The highest BCUT2D eigenvalue weighted by molar-refractivity contribution is 5.18. The van der Waals surface area contributed by atoms with Gasteiger partial charge in [0.15, 0.2) is 0 Å². The lowest BCUT2D eigenvalue weighted by Crippen LogP contribution is -2.65. The standard InChI is InChI=1S/C11H23N7/c1-9(6-10(12,13)14,7-11(15,16)17)8-4-2-3-5-18-8/h2-5H,6-7,12-17H2,1H3. The van der Waals surface area contributed by atoms with Crippen LogP contribution in [0.4, 0.5) is 0 Å². The summed E-state index contributed by atoms with van der Waals surface area (Å²) in [6.07, 6.45) is 2.18. The minimum absolute atomic E-state index is 0.254. The van der Waals surface area contributed by atoms with Gasteiger partial charge in [-0.2, -0.15) is 0 Å². The molecule has 0 aliphatic rings. The molecular weight excluding hydrogens is 230 g/mol. The van der Waals surface area contributed by atoms with Crippen molar-refractivity contribution in [2.75, 3.05) is 0 Å². The van der Waals surface area contributed by atoms with E-state index in [9.17, 15) is 0 Å². The highest BCUT2D eigenvalue weighted by Crippen LogP contribution is 2.33. The van der Waals surface area contributed by atoms with E-state index >= 15 is 0 Å². The number of rotatable bonds is 5. The largest absolute Gasteiger partial charge is 0.301 e. The van der Waals surface area contributed by atoms with Gasteiger partial charge in [-0.15, -0.1) is 0 Å². The van der Waals surface area contributed by atoms with E-state index in [0.717, 1.165) is 5.69 Å². The Labute approximate surface area is 107 Å². The molecule has 1 aromatic heterocycles. The van der Waals surface area contributed by atoms with Crippen molar-refractivity contribution in [3.8, 4) is 0 Å². The van der Waals surface area contributed by atoms with Crippen molar-refractivity contribution < 1.29 is 0 Å². The summed E-state index contributed by atoms with van der Waals surface area (Å²) < 4.78 is 0. The zero-order chi connectivity index (χ0) is 14.0. The fourth-order valence-electron chi connectivity index (χ4n) is 2.31. The second kappa shape index (κ2) is 4.88. The Hall–Kier alpha value is -1.09. The van der Waals surface area contributed by atoms with Gasteiger partial charge in [-0.1, -0.05) is 13.0 Å². The van der Waals surface area contributed by atoms with Gasteiger partial charge in [0.1, 0.15) is 11.6 Å². The summed E-state index contributed by atoms with van der Waals surface area (Å²) in [7, 11) is 0. The fraction of sp³-hybridized carbons (Fsp3) is 0.545. The minimum Gasteiger partial charge on any atom is -0.301 e. The van der Waals surface area contributed by atoms with Gasteiger partial charge in [0.05, 0.1) is 0 Å². The predicted octanol–water partition coefficient (Wildman–Crippen LogP) is -1.82. The Morgan fingerprint density at radius 3 is 1.78 bits per heavy atom. The van der Waals surface area contributed by atoms with Gasteiger partial charge >= 0.3 is 0 Å². The maximum absolute atomic E-state index is 5.68. The molecule has 0 bridgehead atoms. The minimum atomic E-state index is -1.35. The summed E-state index contributed by atoms with van der Waals surface area (Å²) in [5.74, 6) is -2.70. The zero-order valence-electron chi connectivity index (χ0n) is 10.6. The number of aromatic nitrogens is 1. The lowest BCUT2D eigenvalue weighted by atomic mass is 9.75. The summed E-state index contributed by atoms with van der Waals surface area (Å²) in [5.41, 5.74) is 34.3. The molecule has 0 radical (unpaired) electrons. The van der Waals surface area contributed by atoms with Gasteiger partial charge < -0.3 is 34.4 Å². The Kier molecular flexibility index (Phi) is 4.06. The molecule has 1 heterocycles. The zero-order valence-corrected chi connectivity index (χ0v) is 10.6. The van der Waals surface area contributed by atoms with E-state index in [1.807, 2.05) is 25.1 Å². The maximum Gasteiger partial charge on any atom is 0.116 e. The Morgan fingerprint density at radius 2 is 1.44 bits per heavy atom. The lowest BCUT2D eigenvalue weighted by Gasteiger charge is -2.38. The third kappa shape index (κ3) is 4.65. The molecule has 0 saturated carbocycles. The van der Waals surface area contributed by atoms with Crippen molar-refractivity contribution in [2.24, 2.45) is 34.4 Å². The molecule has 0 atom stereocenters. The van der Waals surface area contributed by atoms with Crippen molar-refractivity contribution in [1.82, 2.24) is 4.98 Å². The van der Waals surface area contributed by atoms with Crippen LogP contribution in [0.5, 0.6) is 0 Å². The second-order valence-corrected chi connectivity index (χ2v) is 5.35. The molecule has 0 aliphatic heterocycles. The molecule has 1 rings (SSSR count). The van der Waals surface area contributed by atoms with E-state index < -0.39 is 17.0 Å². The van der Waals surface area contributed by atoms with Gasteiger partial charge in [0, 0.05) is 30.1 Å². The van der Waals surface area contributed by atoms with Crippen molar-refractivity contribution in [2.45, 2.75) is 36.8 Å². The van der Waals surface area contributed by atoms with Crippen LogP contribution in [0.25, 0.3) is 0 Å². The molecule has 12 N–H and O–H groups in total. The second-order valence-electron chi connectivity index (χ2n) is 5.35. The summed E-state index contributed by atoms with van der Waals surface area (Å²) in [5, 5.41) is 0. The van der Waals surface area contributed by atoms with Gasteiger partial charge in [0.2, 0.25) is 0 Å². The third-order valence-corrected chi connectivity index (χ3v) is 2.68. The molecule has 7 nitrogen and oxygen atoms in total. The summed E-state index contributed by atoms with van der Waals surface area (Å²) in [6.45, 7) is 1.89. The Morgan fingerprint density at radius 1 is 0.944 bits per heavy atom. The smallest absolute Gasteiger partial charge is 0.116 e. The van der Waals surface area contributed by atoms with Crippen LogP contribution in [-0.2, 0) is 5.41 Å². The SMILES string of the molecule is CC(CC(N)(N)N)(CC(N)(N)N)c1ccccn1. The van der Waals surface area contributed by atoms with Crippen molar-refractivity contribution in [3.63, 3.8) is 0 Å². The first-order valence-corrected chi connectivity index (χ1v) is 5.67. The van der Waals surface area contributed by atoms with E-state index in [2.05, 4.69) is 4.98 Å². The molecule has 0 aromatic carbocycles. The highest BCUT2D eigenvalue weighted by Gasteiger charge is 2.38. The summed E-state index contributed by atoms with van der Waals surface area (Å²) in [6, 6.07) is 5.51. The van der Waals surface area contributed by atoms with E-state index in [0.29, 0.717) is 0 Å². The van der Waals surface area contributed by atoms with Crippen LogP contribution in [-0.4, -0.2) is 16.6 Å². The van der Waals surface area contributed by atoms with E-state index in [4.69, 9.17) is 34.4 Å². The Balaban J connectivity index is 3.09. The highest BCUT2D eigenvalue weighted by atomic mass is 15.1. The molecule has 0 amide bonds. The molecule has 0 spiro atoms. The van der Waals surface area contributed by atoms with Crippen LogP contribution in [0, 0.1) is 0 Å². The van der Waals surface area contributed by atoms with Crippen molar-refractivity contribution >= 4 is 0 Å². The molecule has 18 heavy (non-hydrogen) atoms. The molecular formula is C11H23N7. The maximum atomic E-state index is 5.68. The summed E-state index contributed by atoms with van der Waals surface area (Å²) in [4.78, 5) is 4.29. The van der Waals surface area contributed by atoms with Gasteiger partial charge in [-0.05, 0) is 12.1 Å². The Bertz CT molecular complexity index is 361. The molecule has 0 unspecified atom stereocenters. The molecule has 102 valence electrons. The van der Waals surface area contributed by atoms with Crippen LogP contribution >= 0.6 is 0 Å². The lowest BCUT2D eigenvalue weighted by molar-refractivity contribution is 0.229. The molecule has 0 fully saturated rings. The quantitative estimate of drug-likeness (QED) is 0.335. The van der Waals surface area contributed by atoms with Crippen LogP contribution in [0.1, 0.15) is 25.5 Å². The number of nitrogens with two attached hydrogens (primary N) is 6. The number of nitrogens with zero attached hydrogens (tertiary/aromatic N) is 1. The molecule has 0 aliphatic carbocycles. The first-order valence-electron chi connectivity index (χ1n) is 5.67. The van der Waals surface area contributed by atoms with E-state index in [1.165, 1.54) is 0 Å². The van der Waals surface area contributed by atoms with E-state index in [-0.39, 0.29) is 12.8 Å². The number of hydrogen-bond acceptors (Lipinski definition) is 7. The van der Waals surface area contributed by atoms with Gasteiger partial charge in [0.25, 0.3) is 0 Å². The summed E-state index contributed by atoms with van der Waals surface area (Å²) >= 11 is 0. The van der Waals surface area contributed by atoms with Gasteiger partial charge in [-0.25, -0.2) is 0 Å². The predicted molar refractivity (Wildman–Crippen MR) is 71.4 cm³/mol. The monoisotopic (exact) mass is 253 g/mol. The number of pyridine rings is 1. The fourth-order valence-corrected chi connectivity index (χ4v) is 2.31. The normalized spacial score (nSPS) is 13.7. The van der Waals surface area contributed by atoms with Crippen LogP contribution in [0.2, 0.25) is 0 Å². The van der Waals surface area contributed by atoms with Crippen LogP contribution in [0.3, 0.4) is 0 Å². The van der Waals surface area contributed by atoms with Crippen molar-refractivity contribution in [3.05, 3.63) is 30.1 Å². The van der Waals surface area contributed by atoms with Crippen LogP contribution in [0.15, 0.2) is 24.4 Å². The topological polar surface area (TPSA) is 169 Å². The average molecular weight is 253 g/mol. The van der Waals surface area contributed by atoms with Crippen LogP contribution < -0.4 is 34.4 Å². The number of hydrogen-bond donors (Lipinski definition) is 6. The first-order chi connectivity index (χ1) is 8.02. The molecule has 1 aromatic rings. The molecule has 0 saturated heterocycles. The first kappa shape index (κ1) is 15.0. The third-order valence-electron chi connectivity index (χ3n) is 2.68.